The first-order chi connectivity index (χ1) is 8.60. The summed E-state index contributed by atoms with van der Waals surface area (Å²) >= 11 is 0. The van der Waals surface area contributed by atoms with Crippen LogP contribution >= 0.6 is 0 Å². The van der Waals surface area contributed by atoms with Gasteiger partial charge in [0.15, 0.2) is 6.29 Å². The van der Waals surface area contributed by atoms with Crippen molar-refractivity contribution in [1.82, 2.24) is 0 Å². The smallest absolute Gasteiger partial charge is 0.338 e. The van der Waals surface area contributed by atoms with Gasteiger partial charge in [0, 0.05) is 6.42 Å². The molecule has 0 aromatic heterocycles. The van der Waals surface area contributed by atoms with Crippen LogP contribution in [-0.2, 0) is 9.47 Å². The van der Waals surface area contributed by atoms with Crippen molar-refractivity contribution >= 4 is 5.97 Å². The van der Waals surface area contributed by atoms with Crippen molar-refractivity contribution in [3.05, 3.63) is 35.4 Å². The van der Waals surface area contributed by atoms with E-state index < -0.39 is 24.5 Å². The summed E-state index contributed by atoms with van der Waals surface area (Å²) in [6.45, 7) is 1.64. The molecule has 0 amide bonds. The number of hydrogen-bond acceptors (Lipinski definition) is 5. The summed E-state index contributed by atoms with van der Waals surface area (Å²) in [5.74, 6) is -0.476. The molecule has 1 heterocycles. The lowest BCUT2D eigenvalue weighted by molar-refractivity contribution is -0.108. The number of aryl methyl sites for hydroxylation is 1. The molecule has 1 aliphatic rings. The molecule has 0 bridgehead atoms. The third-order valence-electron chi connectivity index (χ3n) is 2.91. The van der Waals surface area contributed by atoms with E-state index in [2.05, 4.69) is 0 Å². The standard InChI is InChI=1S/C13H16O5/c1-8-2-4-9(5-3-8)13(16)18-10-6-12(15)17-11(10)7-14/h2-5,10-12,14-15H,6-7H2,1H3/t10-,11+,12?/m0/s1. The van der Waals surface area contributed by atoms with Crippen LogP contribution in [0.15, 0.2) is 24.3 Å². The van der Waals surface area contributed by atoms with E-state index in [9.17, 15) is 9.90 Å². The summed E-state index contributed by atoms with van der Waals surface area (Å²) in [6, 6.07) is 7.00. The molecule has 1 fully saturated rings. The molecular formula is C13H16O5. The lowest BCUT2D eigenvalue weighted by Crippen LogP contribution is -2.30. The Bertz CT molecular complexity index is 414. The highest BCUT2D eigenvalue weighted by Crippen LogP contribution is 2.22. The van der Waals surface area contributed by atoms with E-state index in [4.69, 9.17) is 14.6 Å². The lowest BCUT2D eigenvalue weighted by Gasteiger charge is -2.16. The van der Waals surface area contributed by atoms with Gasteiger partial charge in [0.25, 0.3) is 0 Å². The molecule has 0 aliphatic carbocycles. The Morgan fingerprint density at radius 3 is 2.72 bits per heavy atom. The highest BCUT2D eigenvalue weighted by atomic mass is 16.6. The van der Waals surface area contributed by atoms with Gasteiger partial charge < -0.3 is 19.7 Å². The van der Waals surface area contributed by atoms with Gasteiger partial charge in [-0.05, 0) is 19.1 Å². The second-order valence-electron chi connectivity index (χ2n) is 4.36. The van der Waals surface area contributed by atoms with Gasteiger partial charge in [0.2, 0.25) is 0 Å². The quantitative estimate of drug-likeness (QED) is 0.771. The van der Waals surface area contributed by atoms with Gasteiger partial charge in [0.1, 0.15) is 12.2 Å². The topological polar surface area (TPSA) is 76.0 Å². The molecule has 18 heavy (non-hydrogen) atoms. The van der Waals surface area contributed by atoms with Crippen LogP contribution in [0.4, 0.5) is 0 Å². The fourth-order valence-corrected chi connectivity index (χ4v) is 1.88. The number of esters is 1. The molecule has 1 aromatic carbocycles. The van der Waals surface area contributed by atoms with Crippen molar-refractivity contribution in [2.75, 3.05) is 6.61 Å². The molecule has 1 unspecified atom stereocenters. The lowest BCUT2D eigenvalue weighted by atomic mass is 10.1. The number of aliphatic hydroxyl groups is 2. The van der Waals surface area contributed by atoms with E-state index in [0.717, 1.165) is 5.56 Å². The molecular weight excluding hydrogens is 236 g/mol. The number of carbonyl (C=O) groups excluding carboxylic acids is 1. The first kappa shape index (κ1) is 13.0. The van der Waals surface area contributed by atoms with Crippen LogP contribution < -0.4 is 0 Å². The van der Waals surface area contributed by atoms with E-state index in [1.807, 2.05) is 19.1 Å². The predicted octanol–water partition coefficient (Wildman–Crippen LogP) is 0.620. The van der Waals surface area contributed by atoms with Gasteiger partial charge >= 0.3 is 5.97 Å². The second-order valence-corrected chi connectivity index (χ2v) is 4.36. The van der Waals surface area contributed by atoms with Gasteiger partial charge in [0.05, 0.1) is 12.2 Å². The number of benzene rings is 1. The van der Waals surface area contributed by atoms with E-state index in [0.29, 0.717) is 5.56 Å². The minimum Gasteiger partial charge on any atom is -0.456 e. The first-order valence-electron chi connectivity index (χ1n) is 5.82. The van der Waals surface area contributed by atoms with Gasteiger partial charge in [-0.2, -0.15) is 0 Å². The summed E-state index contributed by atoms with van der Waals surface area (Å²) in [4.78, 5) is 11.8. The van der Waals surface area contributed by atoms with Gasteiger partial charge in [-0.15, -0.1) is 0 Å². The van der Waals surface area contributed by atoms with Gasteiger partial charge in [-0.3, -0.25) is 0 Å². The van der Waals surface area contributed by atoms with Crippen LogP contribution in [0.1, 0.15) is 22.3 Å². The first-order valence-corrected chi connectivity index (χ1v) is 5.82. The van der Waals surface area contributed by atoms with Gasteiger partial charge in [-0.1, -0.05) is 17.7 Å². The van der Waals surface area contributed by atoms with Crippen LogP contribution in [0.2, 0.25) is 0 Å². The SMILES string of the molecule is Cc1ccc(C(=O)O[C@H]2CC(O)O[C@@H]2CO)cc1. The molecule has 5 heteroatoms. The Morgan fingerprint density at radius 1 is 1.44 bits per heavy atom. The summed E-state index contributed by atoms with van der Waals surface area (Å²) in [5, 5.41) is 18.3. The number of aliphatic hydroxyl groups excluding tert-OH is 2. The van der Waals surface area contributed by atoms with Crippen molar-refractivity contribution < 1.29 is 24.5 Å². The Hall–Kier alpha value is -1.43. The molecule has 98 valence electrons. The molecule has 3 atom stereocenters. The highest BCUT2D eigenvalue weighted by Gasteiger charge is 2.36. The maximum atomic E-state index is 11.8. The van der Waals surface area contributed by atoms with Crippen molar-refractivity contribution in [3.63, 3.8) is 0 Å². The highest BCUT2D eigenvalue weighted by molar-refractivity contribution is 5.89. The van der Waals surface area contributed by atoms with Crippen molar-refractivity contribution in [1.29, 1.82) is 0 Å². The van der Waals surface area contributed by atoms with E-state index in [-0.39, 0.29) is 13.0 Å². The largest absolute Gasteiger partial charge is 0.456 e. The molecule has 0 saturated carbocycles. The summed E-state index contributed by atoms with van der Waals surface area (Å²) in [5.41, 5.74) is 1.50. The minimum atomic E-state index is -0.988. The minimum absolute atomic E-state index is 0.183. The van der Waals surface area contributed by atoms with E-state index in [1.165, 1.54) is 0 Å². The Kier molecular flexibility index (Phi) is 3.96. The van der Waals surface area contributed by atoms with Crippen LogP contribution in [0.3, 0.4) is 0 Å². The predicted molar refractivity (Wildman–Crippen MR) is 63.0 cm³/mol. The Labute approximate surface area is 105 Å². The number of carbonyl (C=O) groups is 1. The normalized spacial score (nSPS) is 27.2. The summed E-state index contributed by atoms with van der Waals surface area (Å²) in [7, 11) is 0. The van der Waals surface area contributed by atoms with Crippen molar-refractivity contribution in [2.24, 2.45) is 0 Å². The Balaban J connectivity index is 2.00. The fraction of sp³-hybridized carbons (Fsp3) is 0.462. The molecule has 2 rings (SSSR count). The third-order valence-corrected chi connectivity index (χ3v) is 2.91. The number of rotatable bonds is 3. The Morgan fingerprint density at radius 2 is 2.11 bits per heavy atom. The fourth-order valence-electron chi connectivity index (χ4n) is 1.88. The zero-order valence-corrected chi connectivity index (χ0v) is 10.1. The second kappa shape index (κ2) is 5.48. The van der Waals surface area contributed by atoms with Crippen molar-refractivity contribution in [3.8, 4) is 0 Å². The van der Waals surface area contributed by atoms with Crippen LogP contribution in [0.5, 0.6) is 0 Å². The molecule has 0 spiro atoms. The molecule has 5 nitrogen and oxygen atoms in total. The maximum Gasteiger partial charge on any atom is 0.338 e. The van der Waals surface area contributed by atoms with Crippen LogP contribution in [-0.4, -0.2) is 41.3 Å². The zero-order valence-electron chi connectivity index (χ0n) is 10.1. The monoisotopic (exact) mass is 252 g/mol. The van der Waals surface area contributed by atoms with Crippen LogP contribution in [0.25, 0.3) is 0 Å². The molecule has 1 aromatic rings. The van der Waals surface area contributed by atoms with Crippen LogP contribution in [0, 0.1) is 6.92 Å². The summed E-state index contributed by atoms with van der Waals surface area (Å²) < 4.78 is 10.2. The molecule has 1 saturated heterocycles. The average molecular weight is 252 g/mol. The third kappa shape index (κ3) is 2.87. The summed E-state index contributed by atoms with van der Waals surface area (Å²) in [6.07, 6.45) is -2.07. The molecule has 2 N–H and O–H groups in total. The van der Waals surface area contributed by atoms with Crippen molar-refractivity contribution in [2.45, 2.75) is 31.8 Å². The average Bonchev–Trinajstić information content (AvgIpc) is 2.70. The molecule has 0 radical (unpaired) electrons. The van der Waals surface area contributed by atoms with Gasteiger partial charge in [-0.25, -0.2) is 4.79 Å². The maximum absolute atomic E-state index is 11.8. The molecule has 1 aliphatic heterocycles. The number of ether oxygens (including phenoxy) is 2. The zero-order chi connectivity index (χ0) is 13.1. The van der Waals surface area contributed by atoms with E-state index >= 15 is 0 Å². The van der Waals surface area contributed by atoms with E-state index in [1.54, 1.807) is 12.1 Å². The number of hydrogen-bond donors (Lipinski definition) is 2.